The third kappa shape index (κ3) is 1.60. The fourth-order valence-corrected chi connectivity index (χ4v) is 1.45. The van der Waals surface area contributed by atoms with Crippen molar-refractivity contribution in [3.05, 3.63) is 11.7 Å². The summed E-state index contributed by atoms with van der Waals surface area (Å²) in [5.41, 5.74) is 0. The monoisotopic (exact) mass is 180 g/mol. The minimum Gasteiger partial charge on any atom is -0.339 e. The van der Waals surface area contributed by atoms with Gasteiger partial charge in [0.15, 0.2) is 5.82 Å². The van der Waals surface area contributed by atoms with Crippen LogP contribution in [0.3, 0.4) is 0 Å². The van der Waals surface area contributed by atoms with Gasteiger partial charge in [0.05, 0.1) is 0 Å². The summed E-state index contributed by atoms with van der Waals surface area (Å²) < 4.78 is 5.22. The Bertz CT molecular complexity index is 276. The lowest BCUT2D eigenvalue weighted by Crippen LogP contribution is -1.94. The predicted octanol–water partition coefficient (Wildman–Crippen LogP) is 2.71. The van der Waals surface area contributed by atoms with Crippen molar-refractivity contribution in [2.45, 2.75) is 45.4 Å². The van der Waals surface area contributed by atoms with Crippen LogP contribution in [0.5, 0.6) is 0 Å². The second-order valence-electron chi connectivity index (χ2n) is 4.12. The molecule has 3 nitrogen and oxygen atoms in total. The Hall–Kier alpha value is -0.860. The van der Waals surface area contributed by atoms with Crippen LogP contribution >= 0.6 is 0 Å². The molecule has 1 aliphatic carbocycles. The molecule has 0 aromatic carbocycles. The number of rotatable bonds is 3. The molecule has 3 heteroatoms. The Labute approximate surface area is 78.5 Å². The van der Waals surface area contributed by atoms with Gasteiger partial charge in [0.25, 0.3) is 0 Å². The van der Waals surface area contributed by atoms with Crippen LogP contribution in [-0.4, -0.2) is 10.1 Å². The van der Waals surface area contributed by atoms with Gasteiger partial charge in [-0.25, -0.2) is 0 Å². The average molecular weight is 180 g/mol. The van der Waals surface area contributed by atoms with Crippen molar-refractivity contribution < 1.29 is 4.52 Å². The average Bonchev–Trinajstić information content (AvgIpc) is 2.70. The highest BCUT2D eigenvalue weighted by Gasteiger charge is 2.39. The van der Waals surface area contributed by atoms with E-state index in [2.05, 4.69) is 30.9 Å². The van der Waals surface area contributed by atoms with Crippen molar-refractivity contribution in [3.8, 4) is 0 Å². The second-order valence-corrected chi connectivity index (χ2v) is 4.12. The maximum absolute atomic E-state index is 5.22. The van der Waals surface area contributed by atoms with Gasteiger partial charge in [-0.1, -0.05) is 25.9 Å². The molecule has 0 radical (unpaired) electrons. The van der Waals surface area contributed by atoms with Crippen LogP contribution in [0, 0.1) is 5.92 Å². The molecule has 1 heterocycles. The van der Waals surface area contributed by atoms with Gasteiger partial charge in [0.2, 0.25) is 5.89 Å². The van der Waals surface area contributed by atoms with Crippen LogP contribution in [0.1, 0.15) is 57.2 Å². The fraction of sp³-hybridized carbons (Fsp3) is 0.800. The van der Waals surface area contributed by atoms with Crippen molar-refractivity contribution in [1.82, 2.24) is 10.1 Å². The molecule has 2 rings (SSSR count). The summed E-state index contributed by atoms with van der Waals surface area (Å²) in [6, 6.07) is 0. The van der Waals surface area contributed by atoms with Crippen LogP contribution in [0.4, 0.5) is 0 Å². The minimum atomic E-state index is 0.423. The van der Waals surface area contributed by atoms with Crippen molar-refractivity contribution in [2.75, 3.05) is 0 Å². The van der Waals surface area contributed by atoms with Crippen molar-refractivity contribution in [1.29, 1.82) is 0 Å². The molecule has 0 bridgehead atoms. The Kier molecular flexibility index (Phi) is 2.10. The topological polar surface area (TPSA) is 38.9 Å². The van der Waals surface area contributed by atoms with E-state index in [0.29, 0.717) is 11.8 Å². The van der Waals surface area contributed by atoms with E-state index in [-0.39, 0.29) is 0 Å². The zero-order chi connectivity index (χ0) is 9.42. The minimum absolute atomic E-state index is 0.423. The molecule has 1 unspecified atom stereocenters. The molecular weight excluding hydrogens is 164 g/mol. The summed E-state index contributed by atoms with van der Waals surface area (Å²) in [5, 5.41) is 4.00. The summed E-state index contributed by atoms with van der Waals surface area (Å²) in [5.74, 6) is 3.43. The maximum atomic E-state index is 5.22. The SMILES string of the molecule is CCC(C)c1noc([C@@H]2C[C@H]2C)n1. The third-order valence-corrected chi connectivity index (χ3v) is 2.94. The zero-order valence-electron chi connectivity index (χ0n) is 8.45. The third-order valence-electron chi connectivity index (χ3n) is 2.94. The Morgan fingerprint density at radius 1 is 1.62 bits per heavy atom. The molecule has 0 saturated heterocycles. The van der Waals surface area contributed by atoms with Gasteiger partial charge in [-0.3, -0.25) is 0 Å². The maximum Gasteiger partial charge on any atom is 0.230 e. The number of nitrogens with zero attached hydrogens (tertiary/aromatic N) is 2. The van der Waals surface area contributed by atoms with E-state index in [4.69, 9.17) is 4.52 Å². The molecule has 3 atom stereocenters. The van der Waals surface area contributed by atoms with E-state index in [1.807, 2.05) is 0 Å². The molecule has 0 N–H and O–H groups in total. The molecule has 1 aromatic rings. The summed E-state index contributed by atoms with van der Waals surface area (Å²) in [7, 11) is 0. The molecule has 0 amide bonds. The first kappa shape index (κ1) is 8.73. The van der Waals surface area contributed by atoms with Crippen molar-refractivity contribution >= 4 is 0 Å². The van der Waals surface area contributed by atoms with Gasteiger partial charge >= 0.3 is 0 Å². The summed E-state index contributed by atoms with van der Waals surface area (Å²) in [4.78, 5) is 4.42. The van der Waals surface area contributed by atoms with E-state index in [0.717, 1.165) is 24.1 Å². The van der Waals surface area contributed by atoms with Gasteiger partial charge in [0.1, 0.15) is 0 Å². The van der Waals surface area contributed by atoms with Crippen LogP contribution < -0.4 is 0 Å². The standard InChI is InChI=1S/C10H16N2O/c1-4-6(2)9-11-10(13-12-9)8-5-7(8)3/h6-8H,4-5H2,1-3H3/t6?,7-,8-/m1/s1. The lowest BCUT2D eigenvalue weighted by atomic mass is 10.1. The van der Waals surface area contributed by atoms with E-state index < -0.39 is 0 Å². The highest BCUT2D eigenvalue weighted by molar-refractivity contribution is 5.07. The fourth-order valence-electron chi connectivity index (χ4n) is 1.45. The zero-order valence-corrected chi connectivity index (χ0v) is 8.45. The Morgan fingerprint density at radius 3 is 2.85 bits per heavy atom. The highest BCUT2D eigenvalue weighted by atomic mass is 16.5. The van der Waals surface area contributed by atoms with Crippen LogP contribution in [0.15, 0.2) is 4.52 Å². The lowest BCUT2D eigenvalue weighted by Gasteiger charge is -1.98. The number of aromatic nitrogens is 2. The smallest absolute Gasteiger partial charge is 0.230 e. The Morgan fingerprint density at radius 2 is 2.31 bits per heavy atom. The van der Waals surface area contributed by atoms with Gasteiger partial charge in [-0.05, 0) is 18.8 Å². The van der Waals surface area contributed by atoms with Gasteiger partial charge < -0.3 is 4.52 Å². The molecule has 1 saturated carbocycles. The number of hydrogen-bond donors (Lipinski definition) is 0. The van der Waals surface area contributed by atoms with E-state index in [9.17, 15) is 0 Å². The van der Waals surface area contributed by atoms with Gasteiger partial charge in [-0.2, -0.15) is 4.98 Å². The molecule has 1 fully saturated rings. The van der Waals surface area contributed by atoms with E-state index in [1.165, 1.54) is 6.42 Å². The number of hydrogen-bond acceptors (Lipinski definition) is 3. The Balaban J connectivity index is 2.09. The first-order valence-corrected chi connectivity index (χ1v) is 5.05. The molecule has 1 aromatic heterocycles. The predicted molar refractivity (Wildman–Crippen MR) is 49.5 cm³/mol. The lowest BCUT2D eigenvalue weighted by molar-refractivity contribution is 0.368. The van der Waals surface area contributed by atoms with Crippen LogP contribution in [-0.2, 0) is 0 Å². The molecule has 72 valence electrons. The van der Waals surface area contributed by atoms with Gasteiger partial charge in [-0.15, -0.1) is 0 Å². The summed E-state index contributed by atoms with van der Waals surface area (Å²) in [6.07, 6.45) is 2.28. The summed E-state index contributed by atoms with van der Waals surface area (Å²) in [6.45, 7) is 6.49. The normalized spacial score (nSPS) is 28.8. The van der Waals surface area contributed by atoms with Crippen LogP contribution in [0.2, 0.25) is 0 Å². The van der Waals surface area contributed by atoms with Crippen molar-refractivity contribution in [2.24, 2.45) is 5.92 Å². The van der Waals surface area contributed by atoms with Gasteiger partial charge in [0, 0.05) is 11.8 Å². The molecular formula is C10H16N2O. The van der Waals surface area contributed by atoms with Crippen LogP contribution in [0.25, 0.3) is 0 Å². The summed E-state index contributed by atoms with van der Waals surface area (Å²) >= 11 is 0. The second kappa shape index (κ2) is 3.13. The first-order valence-electron chi connectivity index (χ1n) is 5.05. The molecule has 0 spiro atoms. The van der Waals surface area contributed by atoms with Crippen molar-refractivity contribution in [3.63, 3.8) is 0 Å². The molecule has 13 heavy (non-hydrogen) atoms. The van der Waals surface area contributed by atoms with E-state index >= 15 is 0 Å². The largest absolute Gasteiger partial charge is 0.339 e. The van der Waals surface area contributed by atoms with E-state index in [1.54, 1.807) is 0 Å². The quantitative estimate of drug-likeness (QED) is 0.717. The molecule has 1 aliphatic rings. The highest BCUT2D eigenvalue weighted by Crippen LogP contribution is 2.46. The molecule has 0 aliphatic heterocycles. The first-order chi connectivity index (χ1) is 6.22.